The van der Waals surface area contributed by atoms with Crippen LogP contribution in [-0.4, -0.2) is 0 Å². The summed E-state index contributed by atoms with van der Waals surface area (Å²) in [6, 6.07) is 0. The molecule has 0 aliphatic heterocycles. The molecule has 0 aromatic rings. The van der Waals surface area contributed by atoms with E-state index < -0.39 is 0 Å². The molecule has 0 aromatic carbocycles. The van der Waals surface area contributed by atoms with E-state index in [0.29, 0.717) is 0 Å². The van der Waals surface area contributed by atoms with Crippen LogP contribution >= 0.6 is 0 Å². The quantitative estimate of drug-likeness (QED) is 0.406. The van der Waals surface area contributed by atoms with Gasteiger partial charge in [-0.05, 0) is 0 Å². The average Bonchev–Trinajstić information content (AvgIpc) is 2.67. The van der Waals surface area contributed by atoms with Crippen LogP contribution in [-0.2, 0) is 17.1 Å². The molecule has 11 heavy (non-hydrogen) atoms. The maximum Gasteiger partial charge on any atom is 2.00 e. The molecule has 0 atom stereocenters. The fourth-order valence-corrected chi connectivity index (χ4v) is 1.02. The average molecular weight is 190 g/mol. The third-order valence-corrected chi connectivity index (χ3v) is 1.63. The molecule has 0 spiro atoms. The van der Waals surface area contributed by atoms with Gasteiger partial charge >= 0.3 is 17.1 Å². The minimum Gasteiger partial charge on any atom is -0.501 e. The summed E-state index contributed by atoms with van der Waals surface area (Å²) in [5, 5.41) is 0. The van der Waals surface area contributed by atoms with Gasteiger partial charge in [0.15, 0.2) is 0 Å². The van der Waals surface area contributed by atoms with Crippen molar-refractivity contribution in [2.75, 3.05) is 0 Å². The van der Waals surface area contributed by atoms with E-state index in [9.17, 15) is 0 Å². The fourth-order valence-electron chi connectivity index (χ4n) is 1.02. The van der Waals surface area contributed by atoms with Gasteiger partial charge in [0, 0.05) is 0 Å². The van der Waals surface area contributed by atoms with E-state index in [4.69, 9.17) is 0 Å². The van der Waals surface area contributed by atoms with Crippen molar-refractivity contribution in [1.29, 1.82) is 0 Å². The Labute approximate surface area is 80.2 Å². The summed E-state index contributed by atoms with van der Waals surface area (Å²) in [4.78, 5) is 0. The molecule has 0 nitrogen and oxygen atoms in total. The summed E-state index contributed by atoms with van der Waals surface area (Å²) in [6.07, 6.45) is 18.0. The molecule has 0 unspecified atom stereocenters. The normalized spacial score (nSPS) is 18.9. The first kappa shape index (κ1) is 11.0. The number of allylic oxidation sites excluding steroid dienone is 4. The Balaban J connectivity index is 0.000000167. The third-order valence-electron chi connectivity index (χ3n) is 1.63. The summed E-state index contributed by atoms with van der Waals surface area (Å²) < 4.78 is 0. The van der Waals surface area contributed by atoms with Gasteiger partial charge in [-0.25, -0.2) is 0 Å². The van der Waals surface area contributed by atoms with Gasteiger partial charge in [-0.2, -0.15) is 12.8 Å². The zero-order valence-electron chi connectivity index (χ0n) is 6.75. The van der Waals surface area contributed by atoms with Crippen LogP contribution in [0.25, 0.3) is 0 Å². The maximum atomic E-state index is 3.10. The summed E-state index contributed by atoms with van der Waals surface area (Å²) in [5.74, 6) is 0. The van der Waals surface area contributed by atoms with Crippen LogP contribution < -0.4 is 0 Å². The van der Waals surface area contributed by atoms with Gasteiger partial charge in [-0.1, -0.05) is 25.7 Å². The minimum absolute atomic E-state index is 0. The van der Waals surface area contributed by atoms with Crippen LogP contribution in [0.2, 0.25) is 0 Å². The van der Waals surface area contributed by atoms with E-state index in [1.54, 1.807) is 0 Å². The molecule has 0 fully saturated rings. The molecule has 0 saturated heterocycles. The molecule has 1 heteroatoms. The Kier molecular flexibility index (Phi) is 8.10. The van der Waals surface area contributed by atoms with E-state index in [-0.39, 0.29) is 17.1 Å². The largest absolute Gasteiger partial charge is 2.00 e. The molecule has 0 aromatic heterocycles. The first-order valence-electron chi connectivity index (χ1n) is 4.10. The van der Waals surface area contributed by atoms with Crippen LogP contribution in [0.4, 0.5) is 0 Å². The van der Waals surface area contributed by atoms with Crippen molar-refractivity contribution in [1.82, 2.24) is 0 Å². The number of rotatable bonds is 0. The molecular weight excluding hydrogens is 176 g/mol. The zero-order chi connectivity index (χ0) is 7.07. The molecule has 0 saturated carbocycles. The van der Waals surface area contributed by atoms with E-state index in [0.717, 1.165) is 0 Å². The SMILES string of the molecule is [C-]1=CCCC1.[C-]1=CCCC1.[Fe+2]. The number of hydrogen-bond donors (Lipinski definition) is 0. The van der Waals surface area contributed by atoms with Crippen molar-refractivity contribution in [3.63, 3.8) is 0 Å². The summed E-state index contributed by atoms with van der Waals surface area (Å²) in [5.41, 5.74) is 0. The molecule has 2 rings (SSSR count). The van der Waals surface area contributed by atoms with E-state index in [2.05, 4.69) is 24.3 Å². The van der Waals surface area contributed by atoms with Crippen LogP contribution in [0.5, 0.6) is 0 Å². The Hall–Kier alpha value is -0.000519. The van der Waals surface area contributed by atoms with Crippen molar-refractivity contribution in [3.8, 4) is 0 Å². The monoisotopic (exact) mass is 190 g/mol. The molecule has 62 valence electrons. The number of hydrogen-bond acceptors (Lipinski definition) is 0. The second-order valence-electron chi connectivity index (χ2n) is 2.60. The molecule has 0 N–H and O–H groups in total. The van der Waals surface area contributed by atoms with E-state index in [1.165, 1.54) is 38.5 Å². The predicted octanol–water partition coefficient (Wildman–Crippen LogP) is 3.06. The van der Waals surface area contributed by atoms with Crippen LogP contribution in [0.3, 0.4) is 0 Å². The molecule has 0 radical (unpaired) electrons. The predicted molar refractivity (Wildman–Crippen MR) is 43.3 cm³/mol. The van der Waals surface area contributed by atoms with E-state index in [1.807, 2.05) is 0 Å². The molecule has 2 aliphatic rings. The molecule has 0 amide bonds. The van der Waals surface area contributed by atoms with Crippen molar-refractivity contribution in [3.05, 3.63) is 24.3 Å². The van der Waals surface area contributed by atoms with E-state index >= 15 is 0 Å². The molecule has 0 heterocycles. The first-order valence-corrected chi connectivity index (χ1v) is 4.10. The van der Waals surface area contributed by atoms with Crippen molar-refractivity contribution >= 4 is 0 Å². The van der Waals surface area contributed by atoms with Gasteiger partial charge in [-0.3, -0.25) is 12.2 Å². The zero-order valence-corrected chi connectivity index (χ0v) is 7.86. The van der Waals surface area contributed by atoms with Crippen molar-refractivity contribution < 1.29 is 17.1 Å². The van der Waals surface area contributed by atoms with Crippen molar-refractivity contribution in [2.24, 2.45) is 0 Å². The maximum absolute atomic E-state index is 3.10. The van der Waals surface area contributed by atoms with Crippen molar-refractivity contribution in [2.45, 2.75) is 38.5 Å². The summed E-state index contributed by atoms with van der Waals surface area (Å²) in [6.45, 7) is 0. The van der Waals surface area contributed by atoms with Crippen LogP contribution in [0.1, 0.15) is 38.5 Å². The topological polar surface area (TPSA) is 0 Å². The van der Waals surface area contributed by atoms with Gasteiger partial charge in [0.1, 0.15) is 0 Å². The van der Waals surface area contributed by atoms with Gasteiger partial charge < -0.3 is 12.2 Å². The third kappa shape index (κ3) is 6.40. The second-order valence-corrected chi connectivity index (χ2v) is 2.60. The Morgan fingerprint density at radius 2 is 1.27 bits per heavy atom. The summed E-state index contributed by atoms with van der Waals surface area (Å²) in [7, 11) is 0. The summed E-state index contributed by atoms with van der Waals surface area (Å²) >= 11 is 0. The van der Waals surface area contributed by atoms with Gasteiger partial charge in [-0.15, -0.1) is 0 Å². The van der Waals surface area contributed by atoms with Crippen LogP contribution in [0.15, 0.2) is 12.2 Å². The van der Waals surface area contributed by atoms with Gasteiger partial charge in [0.25, 0.3) is 0 Å². The smallest absolute Gasteiger partial charge is 0.501 e. The Morgan fingerprint density at radius 1 is 0.818 bits per heavy atom. The van der Waals surface area contributed by atoms with Gasteiger partial charge in [0.05, 0.1) is 0 Å². The van der Waals surface area contributed by atoms with Gasteiger partial charge in [0.2, 0.25) is 0 Å². The molecule has 0 bridgehead atoms. The second kappa shape index (κ2) is 8.10. The minimum atomic E-state index is 0. The Bertz CT molecular complexity index is 96.8. The Morgan fingerprint density at radius 3 is 1.36 bits per heavy atom. The van der Waals surface area contributed by atoms with Crippen LogP contribution in [0, 0.1) is 12.2 Å². The molecular formula is C10H14Fe. The first-order chi connectivity index (χ1) is 5.00. The fraction of sp³-hybridized carbons (Fsp3) is 0.600. The molecule has 2 aliphatic carbocycles. The standard InChI is InChI=1S/2C5H7.Fe/c2*1-2-4-5-3-1;/h2*1H,2,4-5H2;/q2*-1;+2.